The monoisotopic (exact) mass is 297 g/mol. The molecule has 0 bridgehead atoms. The van der Waals surface area contributed by atoms with Gasteiger partial charge in [0.2, 0.25) is 0 Å². The summed E-state index contributed by atoms with van der Waals surface area (Å²) in [5, 5.41) is 10.3. The summed E-state index contributed by atoms with van der Waals surface area (Å²) in [7, 11) is 0. The molecule has 0 aliphatic carbocycles. The summed E-state index contributed by atoms with van der Waals surface area (Å²) >= 11 is 5.84. The Morgan fingerprint density at radius 2 is 2.20 bits per heavy atom. The summed E-state index contributed by atoms with van der Waals surface area (Å²) in [5.41, 5.74) is -0.0414. The average molecular weight is 298 g/mol. The van der Waals surface area contributed by atoms with E-state index in [2.05, 4.69) is 4.90 Å². The molecule has 0 amide bonds. The normalized spacial score (nSPS) is 29.6. The molecule has 0 radical (unpaired) electrons. The molecular formula is C15H20ClNO3. The standard InChI is InChI=1S/C15H20ClNO3/c16-13-1-3-14(4-2-13)20-6-5-17-7-12-8-19-11-15(12,9-17)10-18/h1-4,12,18H,5-11H2/t12-,15-/m0/s1. The lowest BCUT2D eigenvalue weighted by Crippen LogP contribution is -2.35. The molecule has 5 heteroatoms. The zero-order chi connectivity index (χ0) is 14.0. The van der Waals surface area contributed by atoms with Crippen LogP contribution in [0.4, 0.5) is 0 Å². The lowest BCUT2D eigenvalue weighted by molar-refractivity contribution is 0.0789. The fourth-order valence-corrected chi connectivity index (χ4v) is 3.29. The van der Waals surface area contributed by atoms with Crippen molar-refractivity contribution >= 4 is 11.6 Å². The molecule has 4 nitrogen and oxygen atoms in total. The number of rotatable bonds is 5. The van der Waals surface area contributed by atoms with Gasteiger partial charge in [0.15, 0.2) is 0 Å². The van der Waals surface area contributed by atoms with Crippen LogP contribution in [0.3, 0.4) is 0 Å². The molecule has 2 atom stereocenters. The molecule has 2 aliphatic heterocycles. The number of fused-ring (bicyclic) bond motifs is 1. The van der Waals surface area contributed by atoms with Crippen molar-refractivity contribution in [3.8, 4) is 5.75 Å². The predicted molar refractivity (Wildman–Crippen MR) is 77.2 cm³/mol. The summed E-state index contributed by atoms with van der Waals surface area (Å²) in [6.07, 6.45) is 0. The number of aliphatic hydroxyl groups is 1. The molecule has 1 N–H and O–H groups in total. The topological polar surface area (TPSA) is 41.9 Å². The fourth-order valence-electron chi connectivity index (χ4n) is 3.16. The van der Waals surface area contributed by atoms with Crippen molar-refractivity contribution < 1.29 is 14.6 Å². The molecule has 3 rings (SSSR count). The van der Waals surface area contributed by atoms with Crippen LogP contribution < -0.4 is 4.74 Å². The van der Waals surface area contributed by atoms with Crippen molar-refractivity contribution in [3.63, 3.8) is 0 Å². The highest BCUT2D eigenvalue weighted by atomic mass is 35.5. The van der Waals surface area contributed by atoms with E-state index in [9.17, 15) is 5.11 Å². The number of likely N-dealkylation sites (tertiary alicyclic amines) is 1. The first-order chi connectivity index (χ1) is 9.72. The highest BCUT2D eigenvalue weighted by molar-refractivity contribution is 6.30. The van der Waals surface area contributed by atoms with Crippen LogP contribution in [0.5, 0.6) is 5.75 Å². The molecular weight excluding hydrogens is 278 g/mol. The van der Waals surface area contributed by atoms with Gasteiger partial charge in [0.1, 0.15) is 12.4 Å². The Labute approximate surface area is 124 Å². The molecule has 110 valence electrons. The number of hydrogen-bond acceptors (Lipinski definition) is 4. The largest absolute Gasteiger partial charge is 0.492 e. The van der Waals surface area contributed by atoms with Crippen molar-refractivity contribution in [1.82, 2.24) is 4.90 Å². The average Bonchev–Trinajstić information content (AvgIpc) is 2.98. The second kappa shape index (κ2) is 5.90. The van der Waals surface area contributed by atoms with Crippen molar-refractivity contribution in [2.24, 2.45) is 11.3 Å². The number of nitrogens with zero attached hydrogens (tertiary/aromatic N) is 1. The van der Waals surface area contributed by atoms with Gasteiger partial charge in [-0.1, -0.05) is 11.6 Å². The SMILES string of the molecule is OC[C@@]12COC[C@@H]1CN(CCOc1ccc(Cl)cc1)C2. The zero-order valence-electron chi connectivity index (χ0n) is 11.4. The van der Waals surface area contributed by atoms with E-state index in [-0.39, 0.29) is 12.0 Å². The minimum Gasteiger partial charge on any atom is -0.492 e. The van der Waals surface area contributed by atoms with Crippen molar-refractivity contribution in [3.05, 3.63) is 29.3 Å². The summed E-state index contributed by atoms with van der Waals surface area (Å²) in [6.45, 7) is 5.09. The van der Waals surface area contributed by atoms with Gasteiger partial charge < -0.3 is 14.6 Å². The van der Waals surface area contributed by atoms with Gasteiger partial charge in [0.05, 0.1) is 19.8 Å². The van der Waals surface area contributed by atoms with E-state index < -0.39 is 0 Å². The van der Waals surface area contributed by atoms with Gasteiger partial charge in [-0.15, -0.1) is 0 Å². The van der Waals surface area contributed by atoms with E-state index in [0.717, 1.165) is 37.0 Å². The Morgan fingerprint density at radius 3 is 2.90 bits per heavy atom. The molecule has 20 heavy (non-hydrogen) atoms. The van der Waals surface area contributed by atoms with Gasteiger partial charge in [-0.05, 0) is 24.3 Å². The molecule has 0 saturated carbocycles. The Kier molecular flexibility index (Phi) is 4.17. The maximum absolute atomic E-state index is 9.62. The van der Waals surface area contributed by atoms with E-state index in [0.29, 0.717) is 19.1 Å². The minimum absolute atomic E-state index is 0.0414. The first-order valence-corrected chi connectivity index (χ1v) is 7.39. The van der Waals surface area contributed by atoms with Crippen LogP contribution in [0.15, 0.2) is 24.3 Å². The van der Waals surface area contributed by atoms with Crippen LogP contribution in [0.25, 0.3) is 0 Å². The third-order valence-corrected chi connectivity index (χ3v) is 4.65. The van der Waals surface area contributed by atoms with Gasteiger partial charge in [0.25, 0.3) is 0 Å². The molecule has 2 saturated heterocycles. The smallest absolute Gasteiger partial charge is 0.119 e. The van der Waals surface area contributed by atoms with Crippen LogP contribution in [0.2, 0.25) is 5.02 Å². The quantitative estimate of drug-likeness (QED) is 0.897. The van der Waals surface area contributed by atoms with E-state index in [4.69, 9.17) is 21.1 Å². The molecule has 0 spiro atoms. The Balaban J connectivity index is 1.47. The lowest BCUT2D eigenvalue weighted by atomic mass is 9.82. The summed E-state index contributed by atoms with van der Waals surface area (Å²) in [5.74, 6) is 1.30. The van der Waals surface area contributed by atoms with Gasteiger partial charge in [-0.25, -0.2) is 0 Å². The predicted octanol–water partition coefficient (Wildman–Crippen LogP) is 1.66. The maximum atomic E-state index is 9.62. The summed E-state index contributed by atoms with van der Waals surface area (Å²) in [6, 6.07) is 7.42. The van der Waals surface area contributed by atoms with E-state index >= 15 is 0 Å². The lowest BCUT2D eigenvalue weighted by Gasteiger charge is -2.24. The number of aliphatic hydroxyl groups excluding tert-OH is 1. The highest BCUT2D eigenvalue weighted by Gasteiger charge is 2.49. The first-order valence-electron chi connectivity index (χ1n) is 7.01. The van der Waals surface area contributed by atoms with E-state index in [1.807, 2.05) is 24.3 Å². The van der Waals surface area contributed by atoms with Gasteiger partial charge in [-0.3, -0.25) is 4.90 Å². The van der Waals surface area contributed by atoms with Crippen molar-refractivity contribution in [2.75, 3.05) is 46.1 Å². The van der Waals surface area contributed by atoms with Crippen LogP contribution in [-0.4, -0.2) is 56.1 Å². The second-order valence-corrected chi connectivity index (χ2v) is 6.21. The summed E-state index contributed by atoms with van der Waals surface area (Å²) in [4.78, 5) is 2.36. The van der Waals surface area contributed by atoms with Gasteiger partial charge >= 0.3 is 0 Å². The molecule has 1 aromatic rings. The Morgan fingerprint density at radius 1 is 1.40 bits per heavy atom. The number of ether oxygens (including phenoxy) is 2. The third kappa shape index (κ3) is 2.79. The molecule has 2 heterocycles. The third-order valence-electron chi connectivity index (χ3n) is 4.40. The van der Waals surface area contributed by atoms with Crippen molar-refractivity contribution in [1.29, 1.82) is 0 Å². The molecule has 2 fully saturated rings. The van der Waals surface area contributed by atoms with Gasteiger partial charge in [0, 0.05) is 36.0 Å². The molecule has 2 aliphatic rings. The fraction of sp³-hybridized carbons (Fsp3) is 0.600. The molecule has 0 aromatic heterocycles. The number of benzene rings is 1. The van der Waals surface area contributed by atoms with Crippen LogP contribution >= 0.6 is 11.6 Å². The first kappa shape index (κ1) is 14.1. The zero-order valence-corrected chi connectivity index (χ0v) is 12.2. The van der Waals surface area contributed by atoms with Crippen molar-refractivity contribution in [2.45, 2.75) is 0 Å². The molecule has 0 unspecified atom stereocenters. The minimum atomic E-state index is -0.0414. The van der Waals surface area contributed by atoms with Crippen LogP contribution in [-0.2, 0) is 4.74 Å². The molecule has 1 aromatic carbocycles. The summed E-state index contributed by atoms with van der Waals surface area (Å²) < 4.78 is 11.2. The highest BCUT2D eigenvalue weighted by Crippen LogP contribution is 2.40. The second-order valence-electron chi connectivity index (χ2n) is 5.77. The Bertz CT molecular complexity index is 453. The van der Waals surface area contributed by atoms with Crippen LogP contribution in [0.1, 0.15) is 0 Å². The van der Waals surface area contributed by atoms with E-state index in [1.54, 1.807) is 0 Å². The number of hydrogen-bond donors (Lipinski definition) is 1. The van der Waals surface area contributed by atoms with Gasteiger partial charge in [-0.2, -0.15) is 0 Å². The van der Waals surface area contributed by atoms with E-state index in [1.165, 1.54) is 0 Å². The van der Waals surface area contributed by atoms with Crippen LogP contribution in [0, 0.1) is 11.3 Å². The number of halogens is 1. The Hall–Kier alpha value is -0.810. The maximum Gasteiger partial charge on any atom is 0.119 e.